The minimum Gasteiger partial charge on any atom is -0.372 e. The van der Waals surface area contributed by atoms with Crippen LogP contribution in [0, 0.1) is 11.3 Å². The fourth-order valence-electron chi connectivity index (χ4n) is 4.16. The van der Waals surface area contributed by atoms with Gasteiger partial charge in [-0.25, -0.2) is 4.98 Å². The number of hydrogen-bond donors (Lipinski definition) is 0. The van der Waals surface area contributed by atoms with Crippen LogP contribution in [-0.2, 0) is 17.9 Å². The molecule has 0 spiro atoms. The summed E-state index contributed by atoms with van der Waals surface area (Å²) >= 11 is 0. The first-order valence-corrected chi connectivity index (χ1v) is 9.51. The van der Waals surface area contributed by atoms with E-state index in [1.807, 2.05) is 30.9 Å². The van der Waals surface area contributed by atoms with Gasteiger partial charge in [-0.1, -0.05) is 38.1 Å². The molecule has 1 aromatic carbocycles. The Kier molecular flexibility index (Phi) is 4.77. The summed E-state index contributed by atoms with van der Waals surface area (Å²) in [6.07, 6.45) is 9.58. The molecule has 0 bridgehead atoms. The highest BCUT2D eigenvalue weighted by atomic mass is 16.5. The molecule has 4 heteroatoms. The van der Waals surface area contributed by atoms with Crippen LogP contribution in [0.15, 0.2) is 55.1 Å². The van der Waals surface area contributed by atoms with Crippen molar-refractivity contribution in [1.29, 1.82) is 0 Å². The Bertz CT molecular complexity index is 857. The zero-order valence-corrected chi connectivity index (χ0v) is 15.6. The van der Waals surface area contributed by atoms with Gasteiger partial charge < -0.3 is 9.30 Å². The van der Waals surface area contributed by atoms with Crippen molar-refractivity contribution in [3.05, 3.63) is 60.8 Å². The second kappa shape index (κ2) is 7.20. The van der Waals surface area contributed by atoms with E-state index in [0.717, 1.165) is 24.2 Å². The SMILES string of the molecule is CC1(C)CC[C@@H](OCc2ccc3ccccc3n2)[C@H](Cn2ccnc2)C1. The summed E-state index contributed by atoms with van der Waals surface area (Å²) in [5.41, 5.74) is 2.43. The van der Waals surface area contributed by atoms with Gasteiger partial charge in [0.05, 0.1) is 30.2 Å². The van der Waals surface area contributed by atoms with Gasteiger partial charge in [0.25, 0.3) is 0 Å². The first-order chi connectivity index (χ1) is 12.6. The zero-order chi connectivity index (χ0) is 18.0. The van der Waals surface area contributed by atoms with E-state index in [4.69, 9.17) is 9.72 Å². The molecule has 0 aliphatic heterocycles. The van der Waals surface area contributed by atoms with Crippen LogP contribution in [-0.4, -0.2) is 20.6 Å². The van der Waals surface area contributed by atoms with Crippen molar-refractivity contribution in [3.63, 3.8) is 0 Å². The second-order valence-corrected chi connectivity index (χ2v) is 8.27. The van der Waals surface area contributed by atoms with Crippen LogP contribution in [0.4, 0.5) is 0 Å². The standard InChI is InChI=1S/C22H27N3O/c1-22(2)10-9-21(18(13-22)14-25-12-11-23-16-25)26-15-19-8-7-17-5-3-4-6-20(17)24-19/h3-8,11-12,16,18,21H,9-10,13-15H2,1-2H3/t18-,21+/m0/s1. The number of rotatable bonds is 5. The molecule has 0 saturated heterocycles. The smallest absolute Gasteiger partial charge is 0.0946 e. The predicted octanol–water partition coefficient (Wildman–Crippen LogP) is 4.84. The second-order valence-electron chi connectivity index (χ2n) is 8.27. The summed E-state index contributed by atoms with van der Waals surface area (Å²) in [5, 5.41) is 1.17. The summed E-state index contributed by atoms with van der Waals surface area (Å²) in [4.78, 5) is 8.93. The molecule has 26 heavy (non-hydrogen) atoms. The molecule has 1 aliphatic rings. The number of hydrogen-bond acceptors (Lipinski definition) is 3. The molecule has 1 aliphatic carbocycles. The van der Waals surface area contributed by atoms with Gasteiger partial charge in [0.2, 0.25) is 0 Å². The van der Waals surface area contributed by atoms with Gasteiger partial charge in [0.15, 0.2) is 0 Å². The van der Waals surface area contributed by atoms with Crippen molar-refractivity contribution in [1.82, 2.24) is 14.5 Å². The maximum Gasteiger partial charge on any atom is 0.0946 e. The third-order valence-corrected chi connectivity index (χ3v) is 5.55. The zero-order valence-electron chi connectivity index (χ0n) is 15.6. The molecule has 0 unspecified atom stereocenters. The lowest BCUT2D eigenvalue weighted by atomic mass is 9.70. The third kappa shape index (κ3) is 3.96. The van der Waals surface area contributed by atoms with Gasteiger partial charge in [-0.2, -0.15) is 0 Å². The largest absolute Gasteiger partial charge is 0.372 e. The summed E-state index contributed by atoms with van der Waals surface area (Å²) in [5.74, 6) is 0.508. The van der Waals surface area contributed by atoms with Gasteiger partial charge in [-0.15, -0.1) is 0 Å². The molecule has 4 nitrogen and oxygen atoms in total. The number of imidazole rings is 1. The first kappa shape index (κ1) is 17.2. The Labute approximate surface area is 155 Å². The van der Waals surface area contributed by atoms with Crippen molar-refractivity contribution in [2.45, 2.75) is 52.4 Å². The van der Waals surface area contributed by atoms with E-state index < -0.39 is 0 Å². The summed E-state index contributed by atoms with van der Waals surface area (Å²) < 4.78 is 8.55. The molecule has 3 aromatic rings. The number of fused-ring (bicyclic) bond motifs is 1. The molecule has 2 aromatic heterocycles. The summed E-state index contributed by atoms with van der Waals surface area (Å²) in [7, 11) is 0. The van der Waals surface area contributed by atoms with E-state index in [2.05, 4.69) is 47.7 Å². The minimum absolute atomic E-state index is 0.277. The highest BCUT2D eigenvalue weighted by Gasteiger charge is 2.35. The maximum absolute atomic E-state index is 6.38. The number of benzene rings is 1. The van der Waals surface area contributed by atoms with Crippen LogP contribution in [0.25, 0.3) is 10.9 Å². The molecule has 1 saturated carbocycles. The van der Waals surface area contributed by atoms with Crippen molar-refractivity contribution < 1.29 is 4.74 Å². The van der Waals surface area contributed by atoms with Crippen molar-refractivity contribution in [3.8, 4) is 0 Å². The summed E-state index contributed by atoms with van der Waals surface area (Å²) in [6, 6.07) is 12.4. The van der Waals surface area contributed by atoms with Gasteiger partial charge in [0, 0.05) is 30.2 Å². The first-order valence-electron chi connectivity index (χ1n) is 9.51. The topological polar surface area (TPSA) is 39.9 Å². The predicted molar refractivity (Wildman–Crippen MR) is 104 cm³/mol. The Morgan fingerprint density at radius 1 is 1.19 bits per heavy atom. The fourth-order valence-corrected chi connectivity index (χ4v) is 4.16. The minimum atomic E-state index is 0.277. The molecule has 1 fully saturated rings. The lowest BCUT2D eigenvalue weighted by Crippen LogP contribution is -2.37. The van der Waals surface area contributed by atoms with E-state index >= 15 is 0 Å². The van der Waals surface area contributed by atoms with Gasteiger partial charge in [-0.05, 0) is 36.8 Å². The lowest BCUT2D eigenvalue weighted by Gasteiger charge is -2.40. The van der Waals surface area contributed by atoms with Crippen molar-refractivity contribution >= 4 is 10.9 Å². The number of nitrogens with zero attached hydrogens (tertiary/aromatic N) is 3. The average Bonchev–Trinajstić information content (AvgIpc) is 3.13. The number of para-hydroxylation sites is 1. The quantitative estimate of drug-likeness (QED) is 0.661. The van der Waals surface area contributed by atoms with Crippen LogP contribution >= 0.6 is 0 Å². The molecule has 2 heterocycles. The number of aromatic nitrogens is 3. The van der Waals surface area contributed by atoms with Crippen molar-refractivity contribution in [2.24, 2.45) is 11.3 Å². The maximum atomic E-state index is 6.38. The van der Waals surface area contributed by atoms with Crippen LogP contribution in [0.2, 0.25) is 0 Å². The fraction of sp³-hybridized carbons (Fsp3) is 0.455. The Morgan fingerprint density at radius 3 is 2.92 bits per heavy atom. The lowest BCUT2D eigenvalue weighted by molar-refractivity contribution is -0.0527. The van der Waals surface area contributed by atoms with E-state index in [1.54, 1.807) is 0 Å². The highest BCUT2D eigenvalue weighted by Crippen LogP contribution is 2.40. The normalized spacial score (nSPS) is 22.5. The van der Waals surface area contributed by atoms with E-state index in [0.29, 0.717) is 17.9 Å². The van der Waals surface area contributed by atoms with Gasteiger partial charge >= 0.3 is 0 Å². The van der Waals surface area contributed by atoms with E-state index in [9.17, 15) is 0 Å². The van der Waals surface area contributed by atoms with E-state index in [-0.39, 0.29) is 6.10 Å². The Balaban J connectivity index is 1.45. The molecule has 0 amide bonds. The van der Waals surface area contributed by atoms with Crippen molar-refractivity contribution in [2.75, 3.05) is 0 Å². The Hall–Kier alpha value is -2.20. The Morgan fingerprint density at radius 2 is 2.08 bits per heavy atom. The third-order valence-electron chi connectivity index (χ3n) is 5.55. The summed E-state index contributed by atoms with van der Waals surface area (Å²) in [6.45, 7) is 6.29. The average molecular weight is 349 g/mol. The van der Waals surface area contributed by atoms with Crippen LogP contribution in [0.5, 0.6) is 0 Å². The van der Waals surface area contributed by atoms with E-state index in [1.165, 1.54) is 18.2 Å². The van der Waals surface area contributed by atoms with Gasteiger partial charge in [0.1, 0.15) is 0 Å². The van der Waals surface area contributed by atoms with Crippen LogP contribution < -0.4 is 0 Å². The molecular weight excluding hydrogens is 322 g/mol. The molecule has 136 valence electrons. The highest BCUT2D eigenvalue weighted by molar-refractivity contribution is 5.78. The molecule has 2 atom stereocenters. The van der Waals surface area contributed by atoms with Crippen LogP contribution in [0.3, 0.4) is 0 Å². The number of pyridine rings is 1. The van der Waals surface area contributed by atoms with Crippen LogP contribution in [0.1, 0.15) is 38.8 Å². The molecule has 0 radical (unpaired) electrons. The van der Waals surface area contributed by atoms with Gasteiger partial charge in [-0.3, -0.25) is 4.98 Å². The monoisotopic (exact) mass is 349 g/mol. The molecular formula is C22H27N3O. The molecule has 4 rings (SSSR count). The number of ether oxygens (including phenoxy) is 1. The molecule has 0 N–H and O–H groups in total.